The van der Waals surface area contributed by atoms with Crippen molar-refractivity contribution >= 4 is 40.0 Å². The first-order chi connectivity index (χ1) is 9.15. The maximum atomic E-state index is 6.22. The molecule has 1 aromatic carbocycles. The first-order valence-electron chi connectivity index (χ1n) is 5.79. The van der Waals surface area contributed by atoms with Crippen LogP contribution in [0.3, 0.4) is 0 Å². The summed E-state index contributed by atoms with van der Waals surface area (Å²) in [6.45, 7) is 2.62. The van der Waals surface area contributed by atoms with Gasteiger partial charge < -0.3 is 5.32 Å². The second-order valence-corrected chi connectivity index (χ2v) is 5.24. The fourth-order valence-corrected chi connectivity index (χ4v) is 2.77. The number of halogens is 1. The van der Waals surface area contributed by atoms with Gasteiger partial charge in [-0.25, -0.2) is 0 Å². The van der Waals surface area contributed by atoms with Gasteiger partial charge in [0.25, 0.3) is 0 Å². The molecule has 0 fully saturated rings. The monoisotopic (exact) mass is 293 g/mol. The zero-order valence-corrected chi connectivity index (χ0v) is 12.1. The number of aryl methyl sites for hydroxylation is 2. The summed E-state index contributed by atoms with van der Waals surface area (Å²) in [7, 11) is 1.93. The smallest absolute Gasteiger partial charge is 0.129 e. The Hall–Kier alpha value is -1.66. The summed E-state index contributed by atoms with van der Waals surface area (Å²) in [4.78, 5) is 0. The minimum absolute atomic E-state index is 0.647. The fraction of sp³-hybridized carbons (Fsp3) is 0.250. The molecule has 19 heavy (non-hydrogen) atoms. The van der Waals surface area contributed by atoms with Crippen LogP contribution in [0.2, 0.25) is 5.02 Å². The Bertz CT molecular complexity index is 733. The van der Waals surface area contributed by atoms with Gasteiger partial charge in [-0.2, -0.15) is 13.8 Å². The Labute approximate surface area is 119 Å². The van der Waals surface area contributed by atoms with E-state index in [1.54, 1.807) is 0 Å². The van der Waals surface area contributed by atoms with Gasteiger partial charge in [0.1, 0.15) is 11.0 Å². The fourth-order valence-electron chi connectivity index (χ4n) is 2.00. The van der Waals surface area contributed by atoms with Crippen molar-refractivity contribution in [2.45, 2.75) is 13.5 Å². The van der Waals surface area contributed by atoms with Crippen LogP contribution in [0.25, 0.3) is 11.0 Å². The van der Waals surface area contributed by atoms with Gasteiger partial charge in [0.05, 0.1) is 40.4 Å². The summed E-state index contributed by atoms with van der Waals surface area (Å²) in [6, 6.07) is 5.75. The highest BCUT2D eigenvalue weighted by atomic mass is 35.5. The van der Waals surface area contributed by atoms with Crippen LogP contribution in [0.15, 0.2) is 18.2 Å². The molecule has 0 aliphatic carbocycles. The van der Waals surface area contributed by atoms with Crippen molar-refractivity contribution in [2.75, 3.05) is 5.32 Å². The molecular weight excluding hydrogens is 282 g/mol. The van der Waals surface area contributed by atoms with Gasteiger partial charge in [-0.3, -0.25) is 4.68 Å². The molecule has 98 valence electrons. The van der Waals surface area contributed by atoms with Crippen LogP contribution in [-0.2, 0) is 13.6 Å². The van der Waals surface area contributed by atoms with Crippen molar-refractivity contribution in [3.63, 3.8) is 0 Å². The molecule has 0 aliphatic rings. The van der Waals surface area contributed by atoms with Crippen LogP contribution < -0.4 is 5.32 Å². The summed E-state index contributed by atoms with van der Waals surface area (Å²) in [6.07, 6.45) is 0. The second-order valence-electron chi connectivity index (χ2n) is 4.31. The SMILES string of the molecule is Cc1cc(CNc2c(Cl)ccc3nsnc23)n(C)n1. The third kappa shape index (κ3) is 2.29. The average Bonchev–Trinajstić information content (AvgIpc) is 2.95. The zero-order chi connectivity index (χ0) is 13.4. The number of aromatic nitrogens is 4. The number of rotatable bonds is 3. The van der Waals surface area contributed by atoms with Crippen molar-refractivity contribution < 1.29 is 0 Å². The van der Waals surface area contributed by atoms with Crippen molar-refractivity contribution in [2.24, 2.45) is 7.05 Å². The predicted octanol–water partition coefficient (Wildman–Crippen LogP) is 3.00. The van der Waals surface area contributed by atoms with Crippen LogP contribution in [0, 0.1) is 6.92 Å². The summed E-state index contributed by atoms with van der Waals surface area (Å²) < 4.78 is 10.3. The van der Waals surface area contributed by atoms with Crippen LogP contribution >= 0.6 is 23.3 Å². The number of nitrogens with zero attached hydrogens (tertiary/aromatic N) is 4. The molecule has 0 amide bonds. The lowest BCUT2D eigenvalue weighted by Crippen LogP contribution is -2.06. The highest BCUT2D eigenvalue weighted by molar-refractivity contribution is 7.00. The third-order valence-electron chi connectivity index (χ3n) is 2.92. The normalized spacial score (nSPS) is 11.1. The van der Waals surface area contributed by atoms with E-state index < -0.39 is 0 Å². The topological polar surface area (TPSA) is 55.6 Å². The number of hydrogen-bond donors (Lipinski definition) is 1. The van der Waals surface area contributed by atoms with Gasteiger partial charge in [-0.1, -0.05) is 11.6 Å². The molecule has 0 radical (unpaired) electrons. The van der Waals surface area contributed by atoms with E-state index in [1.165, 1.54) is 11.7 Å². The van der Waals surface area contributed by atoms with Gasteiger partial charge >= 0.3 is 0 Å². The van der Waals surface area contributed by atoms with Crippen LogP contribution in [0.4, 0.5) is 5.69 Å². The largest absolute Gasteiger partial charge is 0.376 e. The third-order valence-corrected chi connectivity index (χ3v) is 3.78. The molecule has 0 atom stereocenters. The summed E-state index contributed by atoms with van der Waals surface area (Å²) >= 11 is 7.41. The van der Waals surface area contributed by atoms with E-state index in [2.05, 4.69) is 19.2 Å². The van der Waals surface area contributed by atoms with Crippen molar-refractivity contribution in [3.05, 3.63) is 34.6 Å². The maximum Gasteiger partial charge on any atom is 0.129 e. The molecule has 0 aliphatic heterocycles. The number of hydrogen-bond acceptors (Lipinski definition) is 5. The van der Waals surface area contributed by atoms with Crippen LogP contribution in [0.1, 0.15) is 11.4 Å². The molecule has 5 nitrogen and oxygen atoms in total. The lowest BCUT2D eigenvalue weighted by Gasteiger charge is -2.08. The molecule has 1 N–H and O–H groups in total. The number of nitrogens with one attached hydrogen (secondary N) is 1. The van der Waals surface area contributed by atoms with Crippen molar-refractivity contribution in [1.29, 1.82) is 0 Å². The Morgan fingerprint density at radius 2 is 2.21 bits per heavy atom. The zero-order valence-electron chi connectivity index (χ0n) is 10.5. The Morgan fingerprint density at radius 1 is 1.37 bits per heavy atom. The van der Waals surface area contributed by atoms with E-state index in [0.717, 1.165) is 28.1 Å². The number of fused-ring (bicyclic) bond motifs is 1. The molecular formula is C12H12ClN5S. The van der Waals surface area contributed by atoms with Crippen LogP contribution in [0.5, 0.6) is 0 Å². The van der Waals surface area contributed by atoms with Gasteiger partial charge in [0.15, 0.2) is 0 Å². The Balaban J connectivity index is 1.91. The lowest BCUT2D eigenvalue weighted by atomic mass is 10.2. The summed E-state index contributed by atoms with van der Waals surface area (Å²) in [5.41, 5.74) is 4.59. The van der Waals surface area contributed by atoms with E-state index in [-0.39, 0.29) is 0 Å². The molecule has 0 bridgehead atoms. The second kappa shape index (κ2) is 4.79. The minimum atomic E-state index is 0.647. The highest BCUT2D eigenvalue weighted by Gasteiger charge is 2.10. The number of benzene rings is 1. The van der Waals surface area contributed by atoms with E-state index in [1.807, 2.05) is 36.9 Å². The van der Waals surface area contributed by atoms with E-state index in [9.17, 15) is 0 Å². The predicted molar refractivity (Wildman–Crippen MR) is 77.7 cm³/mol. The van der Waals surface area contributed by atoms with Gasteiger partial charge in [0.2, 0.25) is 0 Å². The summed E-state index contributed by atoms with van der Waals surface area (Å²) in [5, 5.41) is 8.29. The Morgan fingerprint density at radius 3 is 2.95 bits per heavy atom. The summed E-state index contributed by atoms with van der Waals surface area (Å²) in [5.74, 6) is 0. The molecule has 0 unspecified atom stereocenters. The lowest BCUT2D eigenvalue weighted by molar-refractivity contribution is 0.713. The quantitative estimate of drug-likeness (QED) is 0.806. The average molecular weight is 294 g/mol. The molecule has 2 heterocycles. The minimum Gasteiger partial charge on any atom is -0.376 e. The number of anilines is 1. The van der Waals surface area contributed by atoms with Gasteiger partial charge in [-0.15, -0.1) is 0 Å². The molecule has 7 heteroatoms. The Kier molecular flexibility index (Phi) is 3.12. The molecule has 3 aromatic rings. The van der Waals surface area contributed by atoms with Gasteiger partial charge in [0, 0.05) is 7.05 Å². The van der Waals surface area contributed by atoms with E-state index in [0.29, 0.717) is 11.6 Å². The first-order valence-corrected chi connectivity index (χ1v) is 6.90. The molecule has 2 aromatic heterocycles. The van der Waals surface area contributed by atoms with Gasteiger partial charge in [-0.05, 0) is 25.1 Å². The molecule has 0 saturated carbocycles. The first kappa shape index (κ1) is 12.4. The highest BCUT2D eigenvalue weighted by Crippen LogP contribution is 2.30. The van der Waals surface area contributed by atoms with Crippen LogP contribution in [-0.4, -0.2) is 18.5 Å². The molecule has 3 rings (SSSR count). The standard InChI is InChI=1S/C12H12ClN5S/c1-7-5-8(18(2)15-7)6-14-11-9(13)3-4-10-12(11)17-19-16-10/h3-5,14H,6H2,1-2H3. The maximum absolute atomic E-state index is 6.22. The van der Waals surface area contributed by atoms with E-state index in [4.69, 9.17) is 11.6 Å². The van der Waals surface area contributed by atoms with Crippen molar-refractivity contribution in [1.82, 2.24) is 18.5 Å². The van der Waals surface area contributed by atoms with E-state index >= 15 is 0 Å². The molecule has 0 spiro atoms. The van der Waals surface area contributed by atoms with Crippen molar-refractivity contribution in [3.8, 4) is 0 Å². The molecule has 0 saturated heterocycles.